The van der Waals surface area contributed by atoms with E-state index in [1.807, 2.05) is 0 Å². The van der Waals surface area contributed by atoms with E-state index in [2.05, 4.69) is 4.98 Å². The summed E-state index contributed by atoms with van der Waals surface area (Å²) < 4.78 is 15.3. The van der Waals surface area contributed by atoms with E-state index in [4.69, 9.17) is 14.2 Å². The molecule has 1 atom stereocenters. The second-order valence-electron chi connectivity index (χ2n) is 7.97. The summed E-state index contributed by atoms with van der Waals surface area (Å²) in [4.78, 5) is 43.8. The molecule has 1 aliphatic heterocycles. The van der Waals surface area contributed by atoms with Crippen LogP contribution in [0.3, 0.4) is 0 Å². The quantitative estimate of drug-likeness (QED) is 0.233. The lowest BCUT2D eigenvalue weighted by Gasteiger charge is -2.25. The Hall–Kier alpha value is -4.66. The van der Waals surface area contributed by atoms with Crippen molar-refractivity contribution in [2.75, 3.05) is 21.3 Å². The second kappa shape index (κ2) is 10.3. The van der Waals surface area contributed by atoms with E-state index >= 15 is 0 Å². The topological polar surface area (TPSA) is 115 Å². The molecule has 2 aromatic carbocycles. The van der Waals surface area contributed by atoms with Gasteiger partial charge in [0.2, 0.25) is 0 Å². The lowest BCUT2D eigenvalue weighted by Crippen LogP contribution is -2.29. The van der Waals surface area contributed by atoms with Crippen LogP contribution in [-0.4, -0.2) is 54.0 Å². The van der Waals surface area contributed by atoms with Crippen LogP contribution in [0.2, 0.25) is 0 Å². The number of nitrogens with zero attached hydrogens (tertiary/aromatic N) is 2. The molecule has 0 unspecified atom stereocenters. The first kappa shape index (κ1) is 24.5. The summed E-state index contributed by atoms with van der Waals surface area (Å²) in [6, 6.07) is 13.6. The molecule has 0 spiro atoms. The molecule has 9 nitrogen and oxygen atoms in total. The highest BCUT2D eigenvalue weighted by Gasteiger charge is 2.46. The van der Waals surface area contributed by atoms with Crippen LogP contribution < -0.4 is 9.47 Å². The molecule has 0 bridgehead atoms. The number of carbonyl (C=O) groups is 3. The number of benzene rings is 2. The highest BCUT2D eigenvalue weighted by atomic mass is 16.5. The number of hydrogen-bond acceptors (Lipinski definition) is 8. The number of ether oxygens (including phenoxy) is 3. The highest BCUT2D eigenvalue weighted by Crippen LogP contribution is 2.41. The maximum Gasteiger partial charge on any atom is 0.337 e. The molecule has 1 aliphatic rings. The Kier molecular flexibility index (Phi) is 7.00. The van der Waals surface area contributed by atoms with Crippen LogP contribution in [0, 0.1) is 0 Å². The molecule has 9 heteroatoms. The number of aliphatic hydroxyl groups is 1. The van der Waals surface area contributed by atoms with E-state index in [0.29, 0.717) is 28.2 Å². The number of hydrogen-bond donors (Lipinski definition) is 1. The van der Waals surface area contributed by atoms with Crippen LogP contribution in [0.5, 0.6) is 11.5 Å². The first-order chi connectivity index (χ1) is 17.4. The molecule has 1 saturated heterocycles. The minimum absolute atomic E-state index is 0.0815. The number of ketones is 1. The van der Waals surface area contributed by atoms with Gasteiger partial charge in [-0.25, -0.2) is 4.79 Å². The normalized spacial score (nSPS) is 16.6. The Morgan fingerprint density at radius 2 is 1.67 bits per heavy atom. The Balaban J connectivity index is 1.86. The zero-order valence-corrected chi connectivity index (χ0v) is 19.9. The van der Waals surface area contributed by atoms with Gasteiger partial charge in [0.05, 0.1) is 38.5 Å². The van der Waals surface area contributed by atoms with E-state index < -0.39 is 23.7 Å². The van der Waals surface area contributed by atoms with Crippen molar-refractivity contribution >= 4 is 23.4 Å². The molecule has 4 rings (SSSR count). The first-order valence-corrected chi connectivity index (χ1v) is 11.0. The van der Waals surface area contributed by atoms with Crippen molar-refractivity contribution in [2.45, 2.75) is 12.6 Å². The molecule has 1 amide bonds. The molecule has 1 N–H and O–H groups in total. The number of esters is 1. The smallest absolute Gasteiger partial charge is 0.337 e. The van der Waals surface area contributed by atoms with Gasteiger partial charge in [-0.3, -0.25) is 14.6 Å². The number of methoxy groups -OCH3 is 3. The van der Waals surface area contributed by atoms with Crippen LogP contribution in [-0.2, 0) is 20.9 Å². The van der Waals surface area contributed by atoms with Gasteiger partial charge in [0.15, 0.2) is 11.5 Å². The van der Waals surface area contributed by atoms with Crippen molar-refractivity contribution in [3.05, 3.63) is 94.8 Å². The summed E-state index contributed by atoms with van der Waals surface area (Å²) >= 11 is 0. The molecule has 2 heterocycles. The van der Waals surface area contributed by atoms with Crippen molar-refractivity contribution < 1.29 is 33.7 Å². The average molecular weight is 488 g/mol. The predicted molar refractivity (Wildman–Crippen MR) is 129 cm³/mol. The molecule has 1 fully saturated rings. The zero-order chi connectivity index (χ0) is 25.8. The Bertz CT molecular complexity index is 1330. The van der Waals surface area contributed by atoms with Gasteiger partial charge in [0.1, 0.15) is 5.76 Å². The van der Waals surface area contributed by atoms with Gasteiger partial charge in [0, 0.05) is 24.5 Å². The molecule has 0 aliphatic carbocycles. The van der Waals surface area contributed by atoms with Crippen molar-refractivity contribution in [3.8, 4) is 11.5 Å². The summed E-state index contributed by atoms with van der Waals surface area (Å²) in [6.45, 7) is 0.0878. The lowest BCUT2D eigenvalue weighted by atomic mass is 9.94. The summed E-state index contributed by atoms with van der Waals surface area (Å²) in [5, 5.41) is 11.3. The summed E-state index contributed by atoms with van der Waals surface area (Å²) in [6.07, 6.45) is 3.21. The average Bonchev–Trinajstić information content (AvgIpc) is 3.17. The molecular formula is C27H24N2O7. The van der Waals surface area contributed by atoms with E-state index in [1.54, 1.807) is 60.9 Å². The van der Waals surface area contributed by atoms with Crippen molar-refractivity contribution in [3.63, 3.8) is 0 Å². The van der Waals surface area contributed by atoms with E-state index in [0.717, 1.165) is 0 Å². The number of rotatable bonds is 7. The summed E-state index contributed by atoms with van der Waals surface area (Å²) in [5.74, 6) is -1.66. The van der Waals surface area contributed by atoms with Crippen LogP contribution in [0.4, 0.5) is 0 Å². The fourth-order valence-electron chi connectivity index (χ4n) is 4.14. The fourth-order valence-corrected chi connectivity index (χ4v) is 4.14. The molecule has 0 saturated carbocycles. The number of aromatic nitrogens is 1. The molecular weight excluding hydrogens is 464 g/mol. The number of likely N-dealkylation sites (tertiary alicyclic amines) is 1. The van der Waals surface area contributed by atoms with Gasteiger partial charge in [0.25, 0.3) is 11.7 Å². The van der Waals surface area contributed by atoms with E-state index in [-0.39, 0.29) is 23.4 Å². The van der Waals surface area contributed by atoms with Crippen LogP contribution in [0.25, 0.3) is 5.76 Å². The SMILES string of the molecule is COC(=O)c1ccc([C@H]2C(=C(O)c3ccc(OC)c(OC)c3)C(=O)C(=O)N2Cc2cccnc2)cc1. The molecule has 36 heavy (non-hydrogen) atoms. The molecule has 0 radical (unpaired) electrons. The van der Waals surface area contributed by atoms with Crippen molar-refractivity contribution in [1.82, 2.24) is 9.88 Å². The second-order valence-corrected chi connectivity index (χ2v) is 7.97. The third-order valence-corrected chi connectivity index (χ3v) is 5.92. The third kappa shape index (κ3) is 4.50. The van der Waals surface area contributed by atoms with Gasteiger partial charge in [-0.2, -0.15) is 0 Å². The number of pyridine rings is 1. The largest absolute Gasteiger partial charge is 0.507 e. The number of Topliss-reactive ketones (excluding diaryl/α,β-unsaturated/α-hetero) is 1. The molecule has 1 aromatic heterocycles. The van der Waals surface area contributed by atoms with Crippen molar-refractivity contribution in [2.24, 2.45) is 0 Å². The zero-order valence-electron chi connectivity index (χ0n) is 19.9. The predicted octanol–water partition coefficient (Wildman–Crippen LogP) is 3.51. The Morgan fingerprint density at radius 1 is 0.972 bits per heavy atom. The van der Waals surface area contributed by atoms with Crippen molar-refractivity contribution in [1.29, 1.82) is 0 Å². The number of carbonyl (C=O) groups excluding carboxylic acids is 3. The van der Waals surface area contributed by atoms with Gasteiger partial charge in [-0.05, 0) is 47.5 Å². The minimum atomic E-state index is -0.912. The van der Waals surface area contributed by atoms with Crippen LogP contribution >= 0.6 is 0 Å². The molecule has 184 valence electrons. The van der Waals surface area contributed by atoms with Gasteiger partial charge in [-0.15, -0.1) is 0 Å². The van der Waals surface area contributed by atoms with Crippen LogP contribution in [0.1, 0.15) is 33.1 Å². The maximum atomic E-state index is 13.2. The molecule has 3 aromatic rings. The van der Waals surface area contributed by atoms with Gasteiger partial charge < -0.3 is 24.2 Å². The summed E-state index contributed by atoms with van der Waals surface area (Å²) in [5.41, 5.74) is 1.75. The van der Waals surface area contributed by atoms with Crippen LogP contribution in [0.15, 0.2) is 72.6 Å². The number of amides is 1. The highest BCUT2D eigenvalue weighted by molar-refractivity contribution is 6.46. The summed E-state index contributed by atoms with van der Waals surface area (Å²) in [7, 11) is 4.22. The first-order valence-electron chi connectivity index (χ1n) is 11.0. The Morgan fingerprint density at radius 3 is 2.28 bits per heavy atom. The van der Waals surface area contributed by atoms with Gasteiger partial charge >= 0.3 is 5.97 Å². The third-order valence-electron chi connectivity index (χ3n) is 5.92. The monoisotopic (exact) mass is 488 g/mol. The lowest BCUT2D eigenvalue weighted by molar-refractivity contribution is -0.140. The number of aliphatic hydroxyl groups excluding tert-OH is 1. The van der Waals surface area contributed by atoms with Gasteiger partial charge in [-0.1, -0.05) is 18.2 Å². The minimum Gasteiger partial charge on any atom is -0.507 e. The van der Waals surface area contributed by atoms with E-state index in [1.165, 1.54) is 32.3 Å². The standard InChI is InChI=1S/C27H24N2O7/c1-34-20-11-10-19(13-21(20)35-2)24(30)22-23(17-6-8-18(9-7-17)27(33)36-3)29(26(32)25(22)31)15-16-5-4-12-28-14-16/h4-14,23,30H,15H2,1-3H3/t23-/m0/s1. The maximum absolute atomic E-state index is 13.2. The Labute approximate surface area is 207 Å². The van der Waals surface area contributed by atoms with E-state index in [9.17, 15) is 19.5 Å². The fraction of sp³-hybridized carbons (Fsp3) is 0.185.